The van der Waals surface area contributed by atoms with Crippen molar-refractivity contribution in [3.8, 4) is 0 Å². The second-order valence-corrected chi connectivity index (χ2v) is 11.4. The van der Waals surface area contributed by atoms with Crippen molar-refractivity contribution in [2.24, 2.45) is 16.1 Å². The summed E-state index contributed by atoms with van der Waals surface area (Å²) in [5.74, 6) is 1.66. The van der Waals surface area contributed by atoms with Crippen molar-refractivity contribution < 1.29 is 38.0 Å². The number of carbonyl (C=O) groups is 2. The smallest absolute Gasteiger partial charge is 0.222 e. The molecule has 17 heteroatoms. The highest BCUT2D eigenvalue weighted by molar-refractivity contribution is 8.00. The number of rotatable bonds is 29. The van der Waals surface area contributed by atoms with Gasteiger partial charge in [-0.25, -0.2) is 0 Å². The monoisotopic (exact) mass is 644 g/mol. The Balaban J connectivity index is 1.58. The molecular formula is C27H48N8O8S. The van der Waals surface area contributed by atoms with Crippen molar-refractivity contribution in [2.75, 3.05) is 111 Å². The molecule has 0 aromatic heterocycles. The topological polar surface area (TPSA) is 202 Å². The second kappa shape index (κ2) is 25.9. The number of nitrogens with one attached hydrogen (secondary N) is 1. The lowest BCUT2D eigenvalue weighted by Gasteiger charge is -2.23. The van der Waals surface area contributed by atoms with Gasteiger partial charge in [0.15, 0.2) is 0 Å². The highest BCUT2D eigenvalue weighted by atomic mass is 32.2. The Morgan fingerprint density at radius 1 is 0.795 bits per heavy atom. The zero-order chi connectivity index (χ0) is 31.5. The van der Waals surface area contributed by atoms with Crippen LogP contribution in [0.15, 0.2) is 10.2 Å². The summed E-state index contributed by atoms with van der Waals surface area (Å²) in [4.78, 5) is 31.9. The normalized spacial score (nSPS) is 18.8. The van der Waals surface area contributed by atoms with Crippen LogP contribution in [0.1, 0.15) is 32.1 Å². The van der Waals surface area contributed by atoms with Gasteiger partial charge >= 0.3 is 0 Å². The van der Waals surface area contributed by atoms with Crippen LogP contribution >= 0.6 is 11.8 Å². The van der Waals surface area contributed by atoms with E-state index in [9.17, 15) is 9.59 Å². The summed E-state index contributed by atoms with van der Waals surface area (Å²) >= 11 is 1.94. The minimum Gasteiger partial charge on any atom is -0.379 e. The summed E-state index contributed by atoms with van der Waals surface area (Å²) in [5, 5.41) is 10.3. The van der Waals surface area contributed by atoms with E-state index in [1.54, 1.807) is 4.90 Å². The fourth-order valence-electron chi connectivity index (χ4n) is 4.81. The molecule has 2 aliphatic rings. The molecule has 2 aliphatic heterocycles. The molecule has 0 bridgehead atoms. The van der Waals surface area contributed by atoms with Crippen LogP contribution in [0.5, 0.6) is 0 Å². The van der Waals surface area contributed by atoms with E-state index in [0.29, 0.717) is 136 Å². The molecule has 250 valence electrons. The third kappa shape index (κ3) is 17.8. The highest BCUT2D eigenvalue weighted by Gasteiger charge is 2.42. The first-order valence-corrected chi connectivity index (χ1v) is 16.4. The average Bonchev–Trinajstić information content (AvgIpc) is 3.58. The molecule has 2 saturated heterocycles. The first-order valence-electron chi connectivity index (χ1n) is 15.3. The van der Waals surface area contributed by atoms with Gasteiger partial charge in [-0.2, -0.15) is 11.8 Å². The third-order valence-corrected chi connectivity index (χ3v) is 8.60. The number of ether oxygens (including phenoxy) is 6. The Morgan fingerprint density at radius 3 is 1.82 bits per heavy atom. The van der Waals surface area contributed by atoms with Crippen molar-refractivity contribution in [3.63, 3.8) is 0 Å². The summed E-state index contributed by atoms with van der Waals surface area (Å²) in [6.45, 7) is 6.33. The number of hydrogen-bond donors (Lipinski definition) is 1. The molecule has 2 heterocycles. The van der Waals surface area contributed by atoms with E-state index in [1.165, 1.54) is 0 Å². The Labute approximate surface area is 263 Å². The molecule has 16 nitrogen and oxygen atoms in total. The van der Waals surface area contributed by atoms with Crippen molar-refractivity contribution >= 4 is 23.6 Å². The summed E-state index contributed by atoms with van der Waals surface area (Å²) in [7, 11) is 0. The molecule has 1 N–H and O–H groups in total. The van der Waals surface area contributed by atoms with Gasteiger partial charge in [0, 0.05) is 71.8 Å². The van der Waals surface area contributed by atoms with Gasteiger partial charge in [0.05, 0.1) is 79.3 Å². The quantitative estimate of drug-likeness (QED) is 0.0550. The molecule has 0 aromatic carbocycles. The lowest BCUT2D eigenvalue weighted by molar-refractivity contribution is -0.133. The van der Waals surface area contributed by atoms with Crippen molar-refractivity contribution in [3.05, 3.63) is 20.9 Å². The maximum Gasteiger partial charge on any atom is 0.222 e. The molecule has 0 spiro atoms. The molecule has 3 atom stereocenters. The fourth-order valence-corrected chi connectivity index (χ4v) is 6.46. The number of fused-ring (bicyclic) bond motifs is 1. The Bertz CT molecular complexity index is 854. The van der Waals surface area contributed by atoms with E-state index in [0.717, 1.165) is 25.0 Å². The van der Waals surface area contributed by atoms with Crippen LogP contribution in [0.4, 0.5) is 0 Å². The summed E-state index contributed by atoms with van der Waals surface area (Å²) in [6.07, 6.45) is 3.89. The van der Waals surface area contributed by atoms with Gasteiger partial charge in [-0.15, -0.1) is 0 Å². The maximum atomic E-state index is 13.1. The predicted octanol–water partition coefficient (Wildman–Crippen LogP) is 2.72. The van der Waals surface area contributed by atoms with E-state index >= 15 is 0 Å². The van der Waals surface area contributed by atoms with E-state index in [1.807, 2.05) is 11.8 Å². The maximum absolute atomic E-state index is 13.1. The summed E-state index contributed by atoms with van der Waals surface area (Å²) in [6, 6.07) is 0.317. The number of unbranched alkanes of at least 4 members (excludes halogenated alkanes) is 1. The van der Waals surface area contributed by atoms with Crippen LogP contribution in [0.25, 0.3) is 20.9 Å². The number of thioether (sulfide) groups is 1. The molecule has 0 aromatic rings. The lowest BCUT2D eigenvalue weighted by atomic mass is 9.94. The van der Waals surface area contributed by atoms with Crippen LogP contribution in [0, 0.1) is 5.92 Å². The standard InChI is InChI=1S/C27H48N8O8S/c28-33-30-5-9-38-13-17-42-19-15-40-11-7-35(8-12-41-16-20-43-18-14-39-10-6-31-34-29)27(37)4-2-1-3-25-23-21-26(36)32-24(23)22-44-25/h23-25H,1-22H2,(H,32,36)/t23?,24?,25-/m0/s1. The fraction of sp³-hybridized carbons (Fsp3) is 0.926. The van der Waals surface area contributed by atoms with Gasteiger partial charge in [0.1, 0.15) is 0 Å². The molecular weight excluding hydrogens is 596 g/mol. The van der Waals surface area contributed by atoms with Gasteiger partial charge < -0.3 is 38.6 Å². The molecule has 2 amide bonds. The van der Waals surface area contributed by atoms with Gasteiger partial charge in [-0.1, -0.05) is 16.6 Å². The predicted molar refractivity (Wildman–Crippen MR) is 164 cm³/mol. The number of azide groups is 2. The largest absolute Gasteiger partial charge is 0.379 e. The second-order valence-electron chi connectivity index (χ2n) is 10.1. The van der Waals surface area contributed by atoms with Crippen LogP contribution in [0.2, 0.25) is 0 Å². The van der Waals surface area contributed by atoms with Gasteiger partial charge in [0.25, 0.3) is 0 Å². The summed E-state index contributed by atoms with van der Waals surface area (Å²) in [5.41, 5.74) is 16.4. The molecule has 44 heavy (non-hydrogen) atoms. The van der Waals surface area contributed by atoms with E-state index in [-0.39, 0.29) is 11.8 Å². The van der Waals surface area contributed by atoms with E-state index in [2.05, 4.69) is 25.4 Å². The first kappa shape index (κ1) is 37.9. The highest BCUT2D eigenvalue weighted by Crippen LogP contribution is 2.40. The van der Waals surface area contributed by atoms with E-state index in [4.69, 9.17) is 39.5 Å². The molecule has 0 aliphatic carbocycles. The Hall–Kier alpha value is -2.33. The molecule has 2 rings (SSSR count). The summed E-state index contributed by atoms with van der Waals surface area (Å²) < 4.78 is 32.9. The minimum absolute atomic E-state index is 0.0788. The van der Waals surface area contributed by atoms with Crippen LogP contribution in [0.3, 0.4) is 0 Å². The SMILES string of the molecule is [N-]=[N+]=NCCOCCOCCOCCN(CCOCCOCCOCCN=[N+]=[N-])C(=O)CCCC[C@@H]1SCC2NC(=O)CC21. The number of carbonyl (C=O) groups excluding carboxylic acids is 2. The Kier molecular flexibility index (Phi) is 22.3. The number of hydrogen-bond acceptors (Lipinski definition) is 11. The average molecular weight is 645 g/mol. The van der Waals surface area contributed by atoms with E-state index < -0.39 is 0 Å². The number of amides is 2. The first-order chi connectivity index (χ1) is 21.7. The van der Waals surface area contributed by atoms with Gasteiger partial charge in [-0.05, 0) is 23.9 Å². The number of nitrogens with zero attached hydrogens (tertiary/aromatic N) is 7. The zero-order valence-electron chi connectivity index (χ0n) is 25.6. The van der Waals surface area contributed by atoms with Crippen LogP contribution in [-0.2, 0) is 38.0 Å². The Morgan fingerprint density at radius 2 is 1.30 bits per heavy atom. The van der Waals surface area contributed by atoms with Crippen molar-refractivity contribution in [1.82, 2.24) is 10.2 Å². The minimum atomic E-state index is 0.0788. The lowest BCUT2D eigenvalue weighted by Crippen LogP contribution is -2.37. The molecule has 0 radical (unpaired) electrons. The van der Waals surface area contributed by atoms with Crippen LogP contribution < -0.4 is 5.32 Å². The van der Waals surface area contributed by atoms with Crippen LogP contribution in [-0.4, -0.2) is 139 Å². The molecule has 2 unspecified atom stereocenters. The van der Waals surface area contributed by atoms with Crippen molar-refractivity contribution in [2.45, 2.75) is 43.4 Å². The zero-order valence-corrected chi connectivity index (χ0v) is 26.4. The van der Waals surface area contributed by atoms with Gasteiger partial charge in [-0.3, -0.25) is 9.59 Å². The van der Waals surface area contributed by atoms with Gasteiger partial charge in [0.2, 0.25) is 11.8 Å². The molecule has 0 saturated carbocycles. The van der Waals surface area contributed by atoms with Crippen molar-refractivity contribution in [1.29, 1.82) is 0 Å². The molecule has 2 fully saturated rings. The third-order valence-electron chi connectivity index (χ3n) is 7.03.